The lowest BCUT2D eigenvalue weighted by Gasteiger charge is -2.07. The van der Waals surface area contributed by atoms with Gasteiger partial charge in [-0.3, -0.25) is 4.79 Å². The minimum Gasteiger partial charge on any atom is -0.310 e. The second-order valence-electron chi connectivity index (χ2n) is 4.33. The first-order chi connectivity index (χ1) is 6.22. The van der Waals surface area contributed by atoms with Crippen molar-refractivity contribution in [3.8, 4) is 0 Å². The lowest BCUT2D eigenvalue weighted by molar-refractivity contribution is -0.119. The summed E-state index contributed by atoms with van der Waals surface area (Å²) in [5, 5.41) is 3.23. The molecule has 2 heteroatoms. The third kappa shape index (κ3) is 5.04. The van der Waals surface area contributed by atoms with Crippen molar-refractivity contribution < 1.29 is 4.79 Å². The summed E-state index contributed by atoms with van der Waals surface area (Å²) in [6, 6.07) is 0. The van der Waals surface area contributed by atoms with E-state index in [1.165, 1.54) is 12.8 Å². The highest BCUT2D eigenvalue weighted by atomic mass is 16.1. The summed E-state index contributed by atoms with van der Waals surface area (Å²) < 4.78 is 0. The highest BCUT2D eigenvalue weighted by Crippen LogP contribution is 2.27. The molecular formula is C11H21NO. The van der Waals surface area contributed by atoms with Crippen molar-refractivity contribution in [3.05, 3.63) is 0 Å². The van der Waals surface area contributed by atoms with Gasteiger partial charge in [0.25, 0.3) is 0 Å². The second kappa shape index (κ2) is 5.38. The van der Waals surface area contributed by atoms with Crippen molar-refractivity contribution >= 4 is 5.78 Å². The fourth-order valence-electron chi connectivity index (χ4n) is 1.34. The quantitative estimate of drug-likeness (QED) is 0.654. The number of hydrogen-bond donors (Lipinski definition) is 1. The van der Waals surface area contributed by atoms with Crippen molar-refractivity contribution in [2.45, 2.75) is 39.5 Å². The summed E-state index contributed by atoms with van der Waals surface area (Å²) in [5.41, 5.74) is 0. The molecule has 0 heterocycles. The molecule has 1 aliphatic carbocycles. The highest BCUT2D eigenvalue weighted by Gasteiger charge is 2.20. The number of nitrogens with one attached hydrogen (secondary N) is 1. The molecular weight excluding hydrogens is 162 g/mol. The van der Waals surface area contributed by atoms with Crippen molar-refractivity contribution in [3.63, 3.8) is 0 Å². The van der Waals surface area contributed by atoms with E-state index in [0.717, 1.165) is 25.3 Å². The number of carbonyl (C=O) groups is 1. The van der Waals surface area contributed by atoms with E-state index in [0.29, 0.717) is 18.2 Å². The molecule has 0 aromatic rings. The Kier molecular flexibility index (Phi) is 4.43. The van der Waals surface area contributed by atoms with Crippen LogP contribution in [0.25, 0.3) is 0 Å². The minimum atomic E-state index is 0.370. The van der Waals surface area contributed by atoms with Gasteiger partial charge in [-0.2, -0.15) is 0 Å². The van der Waals surface area contributed by atoms with Gasteiger partial charge in [-0.25, -0.2) is 0 Å². The molecule has 1 fully saturated rings. The van der Waals surface area contributed by atoms with Crippen LogP contribution >= 0.6 is 0 Å². The molecule has 0 spiro atoms. The molecule has 0 amide bonds. The maximum absolute atomic E-state index is 11.4. The molecule has 0 bridgehead atoms. The van der Waals surface area contributed by atoms with Crippen LogP contribution in [-0.2, 0) is 4.79 Å². The number of carbonyl (C=O) groups excluding carboxylic acids is 1. The van der Waals surface area contributed by atoms with Crippen LogP contribution in [0.5, 0.6) is 0 Å². The zero-order valence-corrected chi connectivity index (χ0v) is 8.81. The predicted molar refractivity (Wildman–Crippen MR) is 54.7 cm³/mol. The fraction of sp³-hybridized carbons (Fsp3) is 0.909. The molecule has 1 atom stereocenters. The smallest absolute Gasteiger partial charge is 0.146 e. The van der Waals surface area contributed by atoms with Gasteiger partial charge < -0.3 is 5.32 Å². The summed E-state index contributed by atoms with van der Waals surface area (Å²) in [6.45, 7) is 5.90. The Labute approximate surface area is 81.1 Å². The van der Waals surface area contributed by atoms with Gasteiger partial charge in [-0.05, 0) is 31.2 Å². The van der Waals surface area contributed by atoms with Crippen LogP contribution in [0.4, 0.5) is 0 Å². The predicted octanol–water partition coefficient (Wildman–Crippen LogP) is 1.99. The molecule has 0 aromatic carbocycles. The largest absolute Gasteiger partial charge is 0.310 e. The van der Waals surface area contributed by atoms with E-state index in [4.69, 9.17) is 0 Å². The first-order valence-electron chi connectivity index (χ1n) is 5.44. The van der Waals surface area contributed by atoms with Crippen molar-refractivity contribution in [1.29, 1.82) is 0 Å². The van der Waals surface area contributed by atoms with Crippen LogP contribution in [-0.4, -0.2) is 18.9 Å². The summed E-state index contributed by atoms with van der Waals surface area (Å²) in [7, 11) is 0. The van der Waals surface area contributed by atoms with Gasteiger partial charge in [0.2, 0.25) is 0 Å². The monoisotopic (exact) mass is 183 g/mol. The molecule has 1 rings (SSSR count). The Bertz CT molecular complexity index is 163. The van der Waals surface area contributed by atoms with Crippen LogP contribution < -0.4 is 5.32 Å². The highest BCUT2D eigenvalue weighted by molar-refractivity contribution is 5.80. The molecule has 0 radical (unpaired) electrons. The van der Waals surface area contributed by atoms with Crippen molar-refractivity contribution in [1.82, 2.24) is 5.32 Å². The van der Waals surface area contributed by atoms with E-state index in [2.05, 4.69) is 19.2 Å². The molecule has 76 valence electrons. The maximum atomic E-state index is 11.4. The van der Waals surface area contributed by atoms with Crippen molar-refractivity contribution in [2.75, 3.05) is 13.1 Å². The standard InChI is InChI=1S/C11H21NO/c1-3-9(2)6-11(13)8-12-7-10-4-5-10/h9-10,12H,3-8H2,1-2H3. The van der Waals surface area contributed by atoms with Crippen LogP contribution in [0.3, 0.4) is 0 Å². The zero-order chi connectivity index (χ0) is 9.68. The normalized spacial score (nSPS) is 18.6. The van der Waals surface area contributed by atoms with Crippen molar-refractivity contribution in [2.24, 2.45) is 11.8 Å². The van der Waals surface area contributed by atoms with Crippen LogP contribution in [0.2, 0.25) is 0 Å². The third-order valence-corrected chi connectivity index (χ3v) is 2.73. The SMILES string of the molecule is CCC(C)CC(=O)CNCC1CC1. The minimum absolute atomic E-state index is 0.370. The molecule has 13 heavy (non-hydrogen) atoms. The van der Waals surface area contributed by atoms with Gasteiger partial charge in [-0.15, -0.1) is 0 Å². The summed E-state index contributed by atoms with van der Waals surface area (Å²) in [6.07, 6.45) is 4.56. The van der Waals surface area contributed by atoms with E-state index in [1.807, 2.05) is 0 Å². The first-order valence-corrected chi connectivity index (χ1v) is 5.44. The molecule has 0 aromatic heterocycles. The van der Waals surface area contributed by atoms with Gasteiger partial charge in [0, 0.05) is 6.42 Å². The fourth-order valence-corrected chi connectivity index (χ4v) is 1.34. The average molecular weight is 183 g/mol. The van der Waals surface area contributed by atoms with Crippen LogP contribution in [0.1, 0.15) is 39.5 Å². The lowest BCUT2D eigenvalue weighted by Crippen LogP contribution is -2.25. The second-order valence-corrected chi connectivity index (χ2v) is 4.33. The van der Waals surface area contributed by atoms with Gasteiger partial charge >= 0.3 is 0 Å². The number of ketones is 1. The molecule has 1 unspecified atom stereocenters. The molecule has 1 N–H and O–H groups in total. The van der Waals surface area contributed by atoms with E-state index in [1.54, 1.807) is 0 Å². The maximum Gasteiger partial charge on any atom is 0.146 e. The summed E-state index contributed by atoms with van der Waals surface area (Å²) in [4.78, 5) is 11.4. The summed E-state index contributed by atoms with van der Waals surface area (Å²) in [5.74, 6) is 1.79. The molecule has 1 saturated carbocycles. The molecule has 0 aliphatic heterocycles. The molecule has 0 saturated heterocycles. The van der Waals surface area contributed by atoms with Crippen LogP contribution in [0, 0.1) is 11.8 Å². The molecule has 1 aliphatic rings. The number of Topliss-reactive ketones (excluding diaryl/α,β-unsaturated/α-hetero) is 1. The van der Waals surface area contributed by atoms with Gasteiger partial charge in [0.05, 0.1) is 6.54 Å². The van der Waals surface area contributed by atoms with Gasteiger partial charge in [0.15, 0.2) is 0 Å². The van der Waals surface area contributed by atoms with E-state index >= 15 is 0 Å². The summed E-state index contributed by atoms with van der Waals surface area (Å²) >= 11 is 0. The Morgan fingerprint density at radius 1 is 1.54 bits per heavy atom. The number of rotatable bonds is 7. The van der Waals surface area contributed by atoms with Gasteiger partial charge in [-0.1, -0.05) is 20.3 Å². The Morgan fingerprint density at radius 2 is 2.23 bits per heavy atom. The Hall–Kier alpha value is -0.370. The topological polar surface area (TPSA) is 29.1 Å². The Balaban J connectivity index is 1.96. The lowest BCUT2D eigenvalue weighted by atomic mass is 10.0. The molecule has 2 nitrogen and oxygen atoms in total. The zero-order valence-electron chi connectivity index (χ0n) is 8.81. The average Bonchev–Trinajstić information content (AvgIpc) is 2.88. The van der Waals surface area contributed by atoms with Crippen LogP contribution in [0.15, 0.2) is 0 Å². The third-order valence-electron chi connectivity index (χ3n) is 2.73. The van der Waals surface area contributed by atoms with E-state index in [9.17, 15) is 4.79 Å². The Morgan fingerprint density at radius 3 is 2.77 bits per heavy atom. The number of hydrogen-bond acceptors (Lipinski definition) is 2. The van der Waals surface area contributed by atoms with E-state index in [-0.39, 0.29) is 0 Å². The first kappa shape index (κ1) is 10.7. The van der Waals surface area contributed by atoms with E-state index < -0.39 is 0 Å². The van der Waals surface area contributed by atoms with Gasteiger partial charge in [0.1, 0.15) is 5.78 Å².